The minimum Gasteiger partial charge on any atom is -0.494 e. The van der Waals surface area contributed by atoms with Gasteiger partial charge in [-0.1, -0.05) is 6.92 Å². The molecule has 0 saturated heterocycles. The third-order valence-corrected chi connectivity index (χ3v) is 3.10. The van der Waals surface area contributed by atoms with Gasteiger partial charge in [0.1, 0.15) is 0 Å². The number of carbonyl (C=O) groups is 2. The first-order valence-corrected chi connectivity index (χ1v) is 6.81. The number of benzene rings is 1. The lowest BCUT2D eigenvalue weighted by molar-refractivity contribution is -0.121. The van der Waals surface area contributed by atoms with Crippen molar-refractivity contribution in [2.75, 3.05) is 20.2 Å². The summed E-state index contributed by atoms with van der Waals surface area (Å²) < 4.78 is 18.3. The SMILES string of the molecule is COc1ccc(C(=O)CCC(=O)NCC(C)CN)cc1F. The number of carbonyl (C=O) groups excluding carboxylic acids is 2. The molecule has 3 N–H and O–H groups in total. The summed E-state index contributed by atoms with van der Waals surface area (Å²) in [4.78, 5) is 23.5. The average molecular weight is 296 g/mol. The van der Waals surface area contributed by atoms with E-state index in [1.165, 1.54) is 19.2 Å². The lowest BCUT2D eigenvalue weighted by Crippen LogP contribution is -2.31. The van der Waals surface area contributed by atoms with Crippen LogP contribution in [0.5, 0.6) is 5.75 Å². The minimum absolute atomic E-state index is 0.0363. The molecule has 1 aromatic carbocycles. The molecule has 0 bridgehead atoms. The van der Waals surface area contributed by atoms with E-state index in [4.69, 9.17) is 10.5 Å². The van der Waals surface area contributed by atoms with Crippen molar-refractivity contribution in [2.24, 2.45) is 11.7 Å². The number of hydrogen-bond donors (Lipinski definition) is 2. The number of Topliss-reactive ketones (excluding diaryl/α,β-unsaturated/α-hetero) is 1. The van der Waals surface area contributed by atoms with Crippen LogP contribution in [0.1, 0.15) is 30.1 Å². The maximum atomic E-state index is 13.5. The van der Waals surface area contributed by atoms with Crippen molar-refractivity contribution >= 4 is 11.7 Å². The predicted molar refractivity (Wildman–Crippen MR) is 77.7 cm³/mol. The van der Waals surface area contributed by atoms with Crippen molar-refractivity contribution in [1.82, 2.24) is 5.32 Å². The highest BCUT2D eigenvalue weighted by molar-refractivity contribution is 5.98. The Morgan fingerprint density at radius 1 is 1.38 bits per heavy atom. The molecule has 0 radical (unpaired) electrons. The maximum absolute atomic E-state index is 13.5. The molecule has 21 heavy (non-hydrogen) atoms. The van der Waals surface area contributed by atoms with Crippen LogP contribution in [-0.2, 0) is 4.79 Å². The number of ether oxygens (including phenoxy) is 1. The lowest BCUT2D eigenvalue weighted by Gasteiger charge is -2.10. The van der Waals surface area contributed by atoms with Gasteiger partial charge >= 0.3 is 0 Å². The molecule has 1 amide bonds. The highest BCUT2D eigenvalue weighted by Crippen LogP contribution is 2.18. The zero-order valence-electron chi connectivity index (χ0n) is 12.3. The first-order valence-electron chi connectivity index (χ1n) is 6.81. The summed E-state index contributed by atoms with van der Waals surface area (Å²) in [5.41, 5.74) is 5.68. The number of methoxy groups -OCH3 is 1. The van der Waals surface area contributed by atoms with Gasteiger partial charge in [-0.3, -0.25) is 9.59 Å². The van der Waals surface area contributed by atoms with E-state index in [2.05, 4.69) is 5.32 Å². The van der Waals surface area contributed by atoms with Crippen LogP contribution < -0.4 is 15.8 Å². The Bertz CT molecular complexity index is 506. The first-order chi connectivity index (χ1) is 9.97. The van der Waals surface area contributed by atoms with Crippen LogP contribution in [0.2, 0.25) is 0 Å². The fourth-order valence-corrected chi connectivity index (χ4v) is 1.67. The van der Waals surface area contributed by atoms with Gasteiger partial charge in [0.05, 0.1) is 7.11 Å². The number of amides is 1. The summed E-state index contributed by atoms with van der Waals surface area (Å²) in [5.74, 6) is -0.804. The summed E-state index contributed by atoms with van der Waals surface area (Å²) in [6.45, 7) is 2.90. The summed E-state index contributed by atoms with van der Waals surface area (Å²) >= 11 is 0. The zero-order valence-corrected chi connectivity index (χ0v) is 12.3. The molecule has 0 spiro atoms. The van der Waals surface area contributed by atoms with Crippen molar-refractivity contribution in [3.8, 4) is 5.75 Å². The molecule has 0 aliphatic carbocycles. The van der Waals surface area contributed by atoms with Crippen LogP contribution in [0.3, 0.4) is 0 Å². The van der Waals surface area contributed by atoms with Gasteiger partial charge in [0.15, 0.2) is 17.3 Å². The zero-order chi connectivity index (χ0) is 15.8. The third kappa shape index (κ3) is 5.51. The van der Waals surface area contributed by atoms with Crippen LogP contribution in [-0.4, -0.2) is 31.9 Å². The standard InChI is InChI=1S/C15H21FN2O3/c1-10(8-17)9-18-15(20)6-4-13(19)11-3-5-14(21-2)12(16)7-11/h3,5,7,10H,4,6,8-9,17H2,1-2H3,(H,18,20). The Labute approximate surface area is 123 Å². The van der Waals surface area contributed by atoms with Gasteiger partial charge in [-0.05, 0) is 30.7 Å². The molecule has 0 saturated carbocycles. The van der Waals surface area contributed by atoms with Gasteiger partial charge in [0.2, 0.25) is 5.91 Å². The number of rotatable bonds is 8. The predicted octanol–water partition coefficient (Wildman–Crippen LogP) is 1.51. The molecular weight excluding hydrogens is 275 g/mol. The Balaban J connectivity index is 2.46. The van der Waals surface area contributed by atoms with E-state index in [-0.39, 0.29) is 41.8 Å². The largest absolute Gasteiger partial charge is 0.494 e. The van der Waals surface area contributed by atoms with Crippen LogP contribution >= 0.6 is 0 Å². The molecule has 0 aliphatic heterocycles. The van der Waals surface area contributed by atoms with Crippen LogP contribution in [0.25, 0.3) is 0 Å². The molecule has 0 aromatic heterocycles. The van der Waals surface area contributed by atoms with Crippen LogP contribution in [0.4, 0.5) is 4.39 Å². The highest BCUT2D eigenvalue weighted by Gasteiger charge is 2.12. The Kier molecular flexibility index (Phi) is 6.81. The fraction of sp³-hybridized carbons (Fsp3) is 0.467. The van der Waals surface area contributed by atoms with Gasteiger partial charge < -0.3 is 15.8 Å². The molecule has 6 heteroatoms. The summed E-state index contributed by atoms with van der Waals surface area (Å²) in [7, 11) is 1.35. The molecule has 0 fully saturated rings. The summed E-state index contributed by atoms with van der Waals surface area (Å²) in [5, 5.41) is 2.70. The smallest absolute Gasteiger partial charge is 0.220 e. The first kappa shape index (κ1) is 17.1. The van der Waals surface area contributed by atoms with E-state index in [1.807, 2.05) is 6.92 Å². The van der Waals surface area contributed by atoms with E-state index in [9.17, 15) is 14.0 Å². The molecule has 116 valence electrons. The van der Waals surface area contributed by atoms with E-state index < -0.39 is 5.82 Å². The van der Waals surface area contributed by atoms with Crippen molar-refractivity contribution in [3.05, 3.63) is 29.6 Å². The number of hydrogen-bond acceptors (Lipinski definition) is 4. The molecule has 0 aliphatic rings. The second-order valence-electron chi connectivity index (χ2n) is 4.92. The molecule has 0 heterocycles. The topological polar surface area (TPSA) is 81.4 Å². The third-order valence-electron chi connectivity index (χ3n) is 3.10. The minimum atomic E-state index is -0.593. The highest BCUT2D eigenvalue weighted by atomic mass is 19.1. The lowest BCUT2D eigenvalue weighted by atomic mass is 10.1. The fourth-order valence-electron chi connectivity index (χ4n) is 1.67. The van der Waals surface area contributed by atoms with Gasteiger partial charge in [-0.25, -0.2) is 4.39 Å². The monoisotopic (exact) mass is 296 g/mol. The molecule has 1 unspecified atom stereocenters. The molecule has 1 aromatic rings. The normalized spacial score (nSPS) is 11.8. The van der Waals surface area contributed by atoms with E-state index in [1.54, 1.807) is 0 Å². The van der Waals surface area contributed by atoms with Crippen LogP contribution in [0.15, 0.2) is 18.2 Å². The van der Waals surface area contributed by atoms with Gasteiger partial charge in [-0.15, -0.1) is 0 Å². The van der Waals surface area contributed by atoms with E-state index >= 15 is 0 Å². The van der Waals surface area contributed by atoms with Crippen molar-refractivity contribution in [1.29, 1.82) is 0 Å². The maximum Gasteiger partial charge on any atom is 0.220 e. The van der Waals surface area contributed by atoms with Gasteiger partial charge in [-0.2, -0.15) is 0 Å². The average Bonchev–Trinajstić information content (AvgIpc) is 2.49. The molecular formula is C15H21FN2O3. The van der Waals surface area contributed by atoms with Crippen molar-refractivity contribution in [3.63, 3.8) is 0 Å². The second kappa shape index (κ2) is 8.36. The number of nitrogens with one attached hydrogen (secondary N) is 1. The quantitative estimate of drug-likeness (QED) is 0.712. The molecule has 1 rings (SSSR count). The van der Waals surface area contributed by atoms with Gasteiger partial charge in [0.25, 0.3) is 0 Å². The number of nitrogens with two attached hydrogens (primary N) is 1. The molecule has 1 atom stereocenters. The Hall–Kier alpha value is -1.95. The van der Waals surface area contributed by atoms with Crippen molar-refractivity contribution < 1.29 is 18.7 Å². The second-order valence-corrected chi connectivity index (χ2v) is 4.92. The number of ketones is 1. The molecule has 5 nitrogen and oxygen atoms in total. The number of halogens is 1. The Morgan fingerprint density at radius 2 is 2.10 bits per heavy atom. The summed E-state index contributed by atoms with van der Waals surface area (Å²) in [6, 6.07) is 4.00. The van der Waals surface area contributed by atoms with E-state index in [0.717, 1.165) is 6.07 Å². The summed E-state index contributed by atoms with van der Waals surface area (Å²) in [6.07, 6.45) is 0.110. The van der Waals surface area contributed by atoms with Gasteiger partial charge in [0, 0.05) is 24.9 Å². The van der Waals surface area contributed by atoms with Crippen LogP contribution in [0, 0.1) is 11.7 Å². The Morgan fingerprint density at radius 3 is 2.67 bits per heavy atom. The van der Waals surface area contributed by atoms with Crippen molar-refractivity contribution in [2.45, 2.75) is 19.8 Å². The van der Waals surface area contributed by atoms with E-state index in [0.29, 0.717) is 13.1 Å².